The van der Waals surface area contributed by atoms with Crippen molar-refractivity contribution in [3.63, 3.8) is 0 Å². The summed E-state index contributed by atoms with van der Waals surface area (Å²) in [7, 11) is 3.35. The zero-order chi connectivity index (χ0) is 17.6. The normalized spacial score (nSPS) is 16.6. The molecular formula is C18H22N2O5. The van der Waals surface area contributed by atoms with Crippen LogP contribution in [0.3, 0.4) is 0 Å². The number of amides is 1. The van der Waals surface area contributed by atoms with Crippen molar-refractivity contribution in [2.24, 2.45) is 0 Å². The molecule has 0 saturated carbocycles. The number of nitrogens with zero attached hydrogens (tertiary/aromatic N) is 2. The highest BCUT2D eigenvalue weighted by atomic mass is 16.5. The molecule has 7 heteroatoms. The van der Waals surface area contributed by atoms with Crippen LogP contribution in [0.1, 0.15) is 29.2 Å². The van der Waals surface area contributed by atoms with Crippen molar-refractivity contribution < 1.29 is 23.4 Å². The predicted octanol–water partition coefficient (Wildman–Crippen LogP) is 2.51. The average Bonchev–Trinajstić information content (AvgIpc) is 3.31. The van der Waals surface area contributed by atoms with Crippen molar-refractivity contribution in [2.45, 2.75) is 25.6 Å². The molecule has 2 heterocycles. The van der Waals surface area contributed by atoms with Crippen molar-refractivity contribution in [2.75, 3.05) is 27.3 Å². The number of hydrogen-bond donors (Lipinski definition) is 0. The SMILES string of the molecule is COc1ccc(OCc2nc(C(=O)N(C)C[C@H]3CCCO3)co2)cc1. The van der Waals surface area contributed by atoms with Gasteiger partial charge in [-0.3, -0.25) is 4.79 Å². The highest BCUT2D eigenvalue weighted by Crippen LogP contribution is 2.18. The van der Waals surface area contributed by atoms with Crippen LogP contribution in [0.25, 0.3) is 0 Å². The zero-order valence-electron chi connectivity index (χ0n) is 14.4. The van der Waals surface area contributed by atoms with E-state index in [2.05, 4.69) is 4.98 Å². The van der Waals surface area contributed by atoms with Crippen molar-refractivity contribution in [1.82, 2.24) is 9.88 Å². The second-order valence-electron chi connectivity index (χ2n) is 5.91. The van der Waals surface area contributed by atoms with Crippen LogP contribution in [-0.4, -0.2) is 49.2 Å². The number of rotatable bonds is 7. The maximum absolute atomic E-state index is 12.4. The minimum absolute atomic E-state index is 0.110. The Balaban J connectivity index is 1.52. The average molecular weight is 346 g/mol. The third-order valence-electron chi connectivity index (χ3n) is 4.04. The van der Waals surface area contributed by atoms with E-state index in [1.54, 1.807) is 43.3 Å². The second kappa shape index (κ2) is 8.02. The maximum atomic E-state index is 12.4. The van der Waals surface area contributed by atoms with Gasteiger partial charge in [-0.25, -0.2) is 4.98 Å². The number of methoxy groups -OCH3 is 1. The van der Waals surface area contributed by atoms with E-state index in [0.29, 0.717) is 18.2 Å². The van der Waals surface area contributed by atoms with Gasteiger partial charge in [0.1, 0.15) is 17.8 Å². The predicted molar refractivity (Wildman–Crippen MR) is 89.8 cm³/mol. The van der Waals surface area contributed by atoms with Crippen LogP contribution in [0, 0.1) is 0 Å². The van der Waals surface area contributed by atoms with Gasteiger partial charge in [0, 0.05) is 20.2 Å². The fourth-order valence-corrected chi connectivity index (χ4v) is 2.66. The molecule has 0 unspecified atom stereocenters. The lowest BCUT2D eigenvalue weighted by molar-refractivity contribution is 0.0582. The summed E-state index contributed by atoms with van der Waals surface area (Å²) in [6.45, 7) is 1.47. The molecule has 25 heavy (non-hydrogen) atoms. The number of ether oxygens (including phenoxy) is 3. The minimum atomic E-state index is -0.185. The van der Waals surface area contributed by atoms with E-state index in [4.69, 9.17) is 18.6 Å². The minimum Gasteiger partial charge on any atom is -0.497 e. The molecule has 0 spiro atoms. The topological polar surface area (TPSA) is 74.0 Å². The highest BCUT2D eigenvalue weighted by Gasteiger charge is 2.22. The molecule has 3 rings (SSSR count). The molecule has 1 aromatic carbocycles. The summed E-state index contributed by atoms with van der Waals surface area (Å²) in [5.74, 6) is 1.59. The molecular weight excluding hydrogens is 324 g/mol. The Morgan fingerprint density at radius 1 is 1.32 bits per heavy atom. The lowest BCUT2D eigenvalue weighted by atomic mass is 10.2. The van der Waals surface area contributed by atoms with Gasteiger partial charge in [-0.1, -0.05) is 0 Å². The number of carbonyl (C=O) groups excluding carboxylic acids is 1. The summed E-state index contributed by atoms with van der Waals surface area (Å²) in [6, 6.07) is 7.20. The van der Waals surface area contributed by atoms with Crippen LogP contribution in [-0.2, 0) is 11.3 Å². The van der Waals surface area contributed by atoms with Gasteiger partial charge in [0.05, 0.1) is 13.2 Å². The second-order valence-corrected chi connectivity index (χ2v) is 5.91. The number of carbonyl (C=O) groups is 1. The Morgan fingerprint density at radius 3 is 2.76 bits per heavy atom. The molecule has 134 valence electrons. The summed E-state index contributed by atoms with van der Waals surface area (Å²) in [4.78, 5) is 18.2. The van der Waals surface area contributed by atoms with Crippen LogP contribution < -0.4 is 9.47 Å². The first-order chi connectivity index (χ1) is 12.2. The van der Waals surface area contributed by atoms with E-state index in [1.807, 2.05) is 0 Å². The fourth-order valence-electron chi connectivity index (χ4n) is 2.66. The number of aromatic nitrogens is 1. The molecule has 1 aliphatic rings. The van der Waals surface area contributed by atoms with E-state index in [9.17, 15) is 4.79 Å². The molecule has 0 bridgehead atoms. The molecule has 1 fully saturated rings. The Kier molecular flexibility index (Phi) is 5.55. The first-order valence-electron chi connectivity index (χ1n) is 8.24. The van der Waals surface area contributed by atoms with E-state index in [0.717, 1.165) is 25.2 Å². The van der Waals surface area contributed by atoms with Gasteiger partial charge in [0.25, 0.3) is 5.91 Å². The monoisotopic (exact) mass is 346 g/mol. The molecule has 2 aromatic rings. The van der Waals surface area contributed by atoms with E-state index >= 15 is 0 Å². The molecule has 1 saturated heterocycles. The molecule has 1 aliphatic heterocycles. The molecule has 0 radical (unpaired) electrons. The van der Waals surface area contributed by atoms with Crippen LogP contribution in [0.2, 0.25) is 0 Å². The van der Waals surface area contributed by atoms with Crippen LogP contribution >= 0.6 is 0 Å². The van der Waals surface area contributed by atoms with Gasteiger partial charge in [0.2, 0.25) is 5.89 Å². The number of hydrogen-bond acceptors (Lipinski definition) is 6. The third kappa shape index (κ3) is 4.51. The standard InChI is InChI=1S/C18H22N2O5/c1-20(10-15-4-3-9-23-15)18(21)16-11-25-17(19-16)12-24-14-7-5-13(22-2)6-8-14/h5-8,11,15H,3-4,9-10,12H2,1-2H3/t15-/m1/s1. The summed E-state index contributed by atoms with van der Waals surface area (Å²) in [5, 5.41) is 0. The lowest BCUT2D eigenvalue weighted by Crippen LogP contribution is -2.34. The first kappa shape index (κ1) is 17.3. The highest BCUT2D eigenvalue weighted by molar-refractivity contribution is 5.91. The maximum Gasteiger partial charge on any atom is 0.275 e. The largest absolute Gasteiger partial charge is 0.497 e. The molecule has 0 N–H and O–H groups in total. The van der Waals surface area contributed by atoms with Gasteiger partial charge in [0.15, 0.2) is 12.3 Å². The fraction of sp³-hybridized carbons (Fsp3) is 0.444. The van der Waals surface area contributed by atoms with E-state index in [1.165, 1.54) is 6.26 Å². The van der Waals surface area contributed by atoms with Crippen LogP contribution in [0.15, 0.2) is 34.9 Å². The van der Waals surface area contributed by atoms with Gasteiger partial charge in [-0.2, -0.15) is 0 Å². The number of likely N-dealkylation sites (N-methyl/N-ethyl adjacent to an activating group) is 1. The third-order valence-corrected chi connectivity index (χ3v) is 4.04. The molecule has 1 atom stereocenters. The molecule has 1 aromatic heterocycles. The first-order valence-corrected chi connectivity index (χ1v) is 8.24. The van der Waals surface area contributed by atoms with Crippen molar-refractivity contribution in [3.8, 4) is 11.5 Å². The Morgan fingerprint density at radius 2 is 2.08 bits per heavy atom. The lowest BCUT2D eigenvalue weighted by Gasteiger charge is -2.19. The Labute approximate surface area is 146 Å². The summed E-state index contributed by atoms with van der Waals surface area (Å²) in [5.41, 5.74) is 0.272. The quantitative estimate of drug-likeness (QED) is 0.767. The van der Waals surface area contributed by atoms with Gasteiger partial charge in [-0.15, -0.1) is 0 Å². The Bertz CT molecular complexity index is 692. The number of benzene rings is 1. The van der Waals surface area contributed by atoms with E-state index < -0.39 is 0 Å². The molecule has 7 nitrogen and oxygen atoms in total. The molecule has 0 aliphatic carbocycles. The summed E-state index contributed by atoms with van der Waals surface area (Å²) >= 11 is 0. The van der Waals surface area contributed by atoms with Crippen molar-refractivity contribution in [1.29, 1.82) is 0 Å². The number of oxazole rings is 1. The van der Waals surface area contributed by atoms with E-state index in [-0.39, 0.29) is 24.3 Å². The van der Waals surface area contributed by atoms with Crippen LogP contribution in [0.5, 0.6) is 11.5 Å². The summed E-state index contributed by atoms with van der Waals surface area (Å²) < 4.78 is 21.6. The Hall–Kier alpha value is -2.54. The zero-order valence-corrected chi connectivity index (χ0v) is 14.4. The summed E-state index contributed by atoms with van der Waals surface area (Å²) in [6.07, 6.45) is 3.50. The van der Waals surface area contributed by atoms with Gasteiger partial charge in [-0.05, 0) is 37.1 Å². The van der Waals surface area contributed by atoms with Gasteiger partial charge < -0.3 is 23.5 Å². The molecule has 1 amide bonds. The van der Waals surface area contributed by atoms with Crippen molar-refractivity contribution in [3.05, 3.63) is 42.1 Å². The van der Waals surface area contributed by atoms with Crippen LogP contribution in [0.4, 0.5) is 0 Å². The van der Waals surface area contributed by atoms with Crippen molar-refractivity contribution >= 4 is 5.91 Å². The smallest absolute Gasteiger partial charge is 0.275 e. The van der Waals surface area contributed by atoms with Gasteiger partial charge >= 0.3 is 0 Å².